The highest BCUT2D eigenvalue weighted by atomic mass is 32.1. The van der Waals surface area contributed by atoms with Crippen LogP contribution in [-0.2, 0) is 17.6 Å². The van der Waals surface area contributed by atoms with Crippen LogP contribution < -0.4 is 10.4 Å². The topological polar surface area (TPSA) is 95.5 Å². The zero-order chi connectivity index (χ0) is 19.6. The first-order valence-corrected chi connectivity index (χ1v) is 9.67. The minimum Gasteiger partial charge on any atom is -0.545 e. The van der Waals surface area contributed by atoms with Crippen molar-refractivity contribution in [3.63, 3.8) is 0 Å². The Balaban J connectivity index is 1.98. The summed E-state index contributed by atoms with van der Waals surface area (Å²) in [7, 11) is 0. The van der Waals surface area contributed by atoms with Crippen LogP contribution in [0.2, 0.25) is 0 Å². The zero-order valence-electron chi connectivity index (χ0n) is 15.2. The Labute approximate surface area is 161 Å². The van der Waals surface area contributed by atoms with E-state index in [1.54, 1.807) is 13.0 Å². The van der Waals surface area contributed by atoms with Gasteiger partial charge in [-0.15, -0.1) is 11.3 Å². The number of rotatable bonds is 5. The molecule has 142 valence electrons. The maximum absolute atomic E-state index is 12.7. The van der Waals surface area contributed by atoms with E-state index in [0.717, 1.165) is 29.7 Å². The van der Waals surface area contributed by atoms with Crippen molar-refractivity contribution in [1.82, 2.24) is 0 Å². The third-order valence-corrected chi connectivity index (χ3v) is 5.78. The number of esters is 1. The molecule has 1 amide bonds. The summed E-state index contributed by atoms with van der Waals surface area (Å²) in [6.45, 7) is 4.12. The molecule has 7 heteroatoms. The van der Waals surface area contributed by atoms with E-state index >= 15 is 0 Å². The summed E-state index contributed by atoms with van der Waals surface area (Å²) in [6, 6.07) is 5.84. The van der Waals surface area contributed by atoms with Crippen molar-refractivity contribution in [2.45, 2.75) is 33.1 Å². The van der Waals surface area contributed by atoms with E-state index in [0.29, 0.717) is 16.5 Å². The van der Waals surface area contributed by atoms with Crippen LogP contribution in [-0.4, -0.2) is 24.5 Å². The van der Waals surface area contributed by atoms with Crippen molar-refractivity contribution in [1.29, 1.82) is 0 Å². The smallest absolute Gasteiger partial charge is 0.341 e. The minimum atomic E-state index is -1.43. The highest BCUT2D eigenvalue weighted by Crippen LogP contribution is 2.40. The molecule has 1 aliphatic rings. The van der Waals surface area contributed by atoms with Gasteiger partial charge in [0.25, 0.3) is 5.91 Å². The molecule has 1 N–H and O–H groups in total. The standard InChI is InChI=1S/C20H21NO5S/c1-3-26-20(25)16-14-9-8-11(2)10-15(14)27-18(16)21-17(22)12-6-4-5-7-13(12)19(23)24/h4-7,11H,3,8-10H2,1-2H3,(H,21,22)(H,23,24)/p-1/t11-/m0/s1. The molecule has 27 heavy (non-hydrogen) atoms. The number of carboxylic acid groups (broad SMARTS) is 1. The lowest BCUT2D eigenvalue weighted by molar-refractivity contribution is -0.255. The van der Waals surface area contributed by atoms with Gasteiger partial charge in [-0.2, -0.15) is 0 Å². The molecule has 0 saturated carbocycles. The number of carbonyl (C=O) groups is 3. The SMILES string of the molecule is CCOC(=O)c1c(NC(=O)c2ccccc2C(=O)[O-])sc2c1CC[C@H](C)C2. The molecule has 1 aromatic carbocycles. The Kier molecular flexibility index (Phi) is 5.60. The Bertz CT molecular complexity index is 902. The molecule has 0 spiro atoms. The number of carbonyl (C=O) groups excluding carboxylic acids is 3. The van der Waals surface area contributed by atoms with Crippen molar-refractivity contribution in [3.8, 4) is 0 Å². The van der Waals surface area contributed by atoms with E-state index in [1.165, 1.54) is 29.5 Å². The zero-order valence-corrected chi connectivity index (χ0v) is 16.0. The number of hydrogen-bond donors (Lipinski definition) is 1. The maximum atomic E-state index is 12.7. The molecule has 1 atom stereocenters. The fourth-order valence-electron chi connectivity index (χ4n) is 3.29. The molecule has 0 saturated heterocycles. The maximum Gasteiger partial charge on any atom is 0.341 e. The first kappa shape index (κ1) is 19.1. The molecule has 0 aliphatic heterocycles. The fourth-order valence-corrected chi connectivity index (χ4v) is 4.68. The summed E-state index contributed by atoms with van der Waals surface area (Å²) in [5.41, 5.74) is 1.12. The number of carboxylic acids is 1. The predicted molar refractivity (Wildman–Crippen MR) is 100 cm³/mol. The Morgan fingerprint density at radius 2 is 1.96 bits per heavy atom. The van der Waals surface area contributed by atoms with Gasteiger partial charge in [0.2, 0.25) is 0 Å². The predicted octanol–water partition coefficient (Wildman–Crippen LogP) is 2.67. The lowest BCUT2D eigenvalue weighted by Gasteiger charge is -2.18. The quantitative estimate of drug-likeness (QED) is 0.797. The minimum absolute atomic E-state index is 0.00736. The average Bonchev–Trinajstić information content (AvgIpc) is 2.98. The van der Waals surface area contributed by atoms with E-state index < -0.39 is 17.8 Å². The average molecular weight is 386 g/mol. The molecule has 0 radical (unpaired) electrons. The first-order chi connectivity index (χ1) is 12.9. The molecular formula is C20H20NO5S-. The van der Waals surface area contributed by atoms with Crippen molar-refractivity contribution in [3.05, 3.63) is 51.4 Å². The second-order valence-electron chi connectivity index (χ2n) is 6.56. The molecule has 0 fully saturated rings. The molecule has 0 unspecified atom stereocenters. The Morgan fingerprint density at radius 1 is 1.26 bits per heavy atom. The van der Waals surface area contributed by atoms with Crippen LogP contribution in [0.15, 0.2) is 24.3 Å². The van der Waals surface area contributed by atoms with Gasteiger partial charge in [0, 0.05) is 16.0 Å². The van der Waals surface area contributed by atoms with Gasteiger partial charge >= 0.3 is 5.97 Å². The number of ether oxygens (including phenoxy) is 1. The third kappa shape index (κ3) is 3.88. The number of nitrogens with one attached hydrogen (secondary N) is 1. The first-order valence-electron chi connectivity index (χ1n) is 8.85. The number of aromatic carboxylic acids is 1. The summed E-state index contributed by atoms with van der Waals surface area (Å²) < 4.78 is 5.18. The van der Waals surface area contributed by atoms with Gasteiger partial charge in [-0.1, -0.05) is 25.1 Å². The van der Waals surface area contributed by atoms with Crippen LogP contribution >= 0.6 is 11.3 Å². The summed E-state index contributed by atoms with van der Waals surface area (Å²) in [4.78, 5) is 37.5. The second-order valence-corrected chi connectivity index (χ2v) is 7.67. The molecule has 3 rings (SSSR count). The van der Waals surface area contributed by atoms with Gasteiger partial charge in [0.05, 0.1) is 18.1 Å². The van der Waals surface area contributed by atoms with Crippen molar-refractivity contribution in [2.24, 2.45) is 5.92 Å². The normalized spacial score (nSPS) is 15.7. The van der Waals surface area contributed by atoms with Gasteiger partial charge in [-0.05, 0) is 43.7 Å². The van der Waals surface area contributed by atoms with Crippen molar-refractivity contribution < 1.29 is 24.2 Å². The fraction of sp³-hybridized carbons (Fsp3) is 0.350. The van der Waals surface area contributed by atoms with Gasteiger partial charge in [0.15, 0.2) is 0 Å². The second kappa shape index (κ2) is 7.92. The molecule has 6 nitrogen and oxygen atoms in total. The van der Waals surface area contributed by atoms with Crippen LogP contribution in [0, 0.1) is 5.92 Å². The highest BCUT2D eigenvalue weighted by molar-refractivity contribution is 7.17. The Hall–Kier alpha value is -2.67. The van der Waals surface area contributed by atoms with E-state index in [4.69, 9.17) is 4.74 Å². The van der Waals surface area contributed by atoms with Crippen LogP contribution in [0.25, 0.3) is 0 Å². The molecule has 1 aromatic heterocycles. The molecule has 2 aromatic rings. The molecule has 1 aliphatic carbocycles. The van der Waals surface area contributed by atoms with Crippen LogP contribution in [0.5, 0.6) is 0 Å². The van der Waals surface area contributed by atoms with Crippen LogP contribution in [0.1, 0.15) is 61.8 Å². The van der Waals surface area contributed by atoms with Crippen LogP contribution in [0.4, 0.5) is 5.00 Å². The van der Waals surface area contributed by atoms with Gasteiger partial charge in [0.1, 0.15) is 5.00 Å². The van der Waals surface area contributed by atoms with Crippen molar-refractivity contribution >= 4 is 34.2 Å². The number of fused-ring (bicyclic) bond motifs is 1. The number of thiophene rings is 1. The number of anilines is 1. The third-order valence-electron chi connectivity index (χ3n) is 4.61. The largest absolute Gasteiger partial charge is 0.545 e. The van der Waals surface area contributed by atoms with Gasteiger partial charge in [-0.3, -0.25) is 4.79 Å². The van der Waals surface area contributed by atoms with E-state index in [-0.39, 0.29) is 17.7 Å². The van der Waals surface area contributed by atoms with Crippen LogP contribution in [0.3, 0.4) is 0 Å². The van der Waals surface area contributed by atoms with Crippen molar-refractivity contribution in [2.75, 3.05) is 11.9 Å². The summed E-state index contributed by atoms with van der Waals surface area (Å²) >= 11 is 1.36. The monoisotopic (exact) mass is 386 g/mol. The number of hydrogen-bond acceptors (Lipinski definition) is 6. The van der Waals surface area contributed by atoms with Gasteiger partial charge in [-0.25, -0.2) is 4.79 Å². The van der Waals surface area contributed by atoms with E-state index in [1.807, 2.05) is 0 Å². The van der Waals surface area contributed by atoms with Gasteiger partial charge < -0.3 is 20.0 Å². The summed E-state index contributed by atoms with van der Waals surface area (Å²) in [5.74, 6) is -1.97. The lowest BCUT2D eigenvalue weighted by atomic mass is 9.88. The Morgan fingerprint density at radius 3 is 2.63 bits per heavy atom. The number of amides is 1. The summed E-state index contributed by atoms with van der Waals surface area (Å²) in [5, 5.41) is 14.4. The highest BCUT2D eigenvalue weighted by Gasteiger charge is 2.29. The molecular weight excluding hydrogens is 366 g/mol. The number of benzene rings is 1. The van der Waals surface area contributed by atoms with E-state index in [9.17, 15) is 19.5 Å². The lowest BCUT2D eigenvalue weighted by Crippen LogP contribution is -2.26. The molecule has 0 bridgehead atoms. The van der Waals surface area contributed by atoms with E-state index in [2.05, 4.69) is 12.2 Å². The summed E-state index contributed by atoms with van der Waals surface area (Å²) in [6.07, 6.45) is 2.57. The molecule has 1 heterocycles.